The first-order valence-electron chi connectivity index (χ1n) is 12.0. The lowest BCUT2D eigenvalue weighted by atomic mass is 9.91. The molecule has 3 aromatic rings. The van der Waals surface area contributed by atoms with Crippen LogP contribution in [0.4, 0.5) is 21.8 Å². The van der Waals surface area contributed by atoms with E-state index in [1.807, 2.05) is 36.9 Å². The molecule has 1 unspecified atom stereocenters. The topological polar surface area (TPSA) is 108 Å². The van der Waals surface area contributed by atoms with Gasteiger partial charge in [-0.05, 0) is 50.3 Å². The van der Waals surface area contributed by atoms with Crippen LogP contribution in [0.1, 0.15) is 42.2 Å². The molecule has 9 nitrogen and oxygen atoms in total. The van der Waals surface area contributed by atoms with Gasteiger partial charge in [-0.1, -0.05) is 0 Å². The van der Waals surface area contributed by atoms with Gasteiger partial charge in [0.2, 0.25) is 5.95 Å². The number of aliphatic hydroxyl groups excluding tert-OH is 1. The number of carbonyl (C=O) groups excluding carboxylic acids is 1. The van der Waals surface area contributed by atoms with E-state index in [2.05, 4.69) is 30.5 Å². The number of aromatic nitrogens is 4. The standard InChI is InChI=1S/C25H30FN7O2/c1-15(34)11-16-6-9-33(10-7-16)17-3-4-22(28-13-17)30-25-29-14-19(26)23(31-25)21-12-18-20(32(21)2)5-8-27-24(18)35/h3-4,12-16,34H,5-11H2,1-2H3,(H,27,35)(H,28,29,30,31). The fourth-order valence-electron chi connectivity index (χ4n) is 5.04. The molecule has 3 N–H and O–H groups in total. The smallest absolute Gasteiger partial charge is 0.253 e. The van der Waals surface area contributed by atoms with Gasteiger partial charge in [0.25, 0.3) is 5.91 Å². The van der Waals surface area contributed by atoms with Crippen molar-refractivity contribution in [3.63, 3.8) is 0 Å². The Labute approximate surface area is 203 Å². The monoisotopic (exact) mass is 479 g/mol. The van der Waals surface area contributed by atoms with E-state index in [9.17, 15) is 14.3 Å². The molecule has 0 radical (unpaired) electrons. The largest absolute Gasteiger partial charge is 0.393 e. The molecule has 5 heterocycles. The van der Waals surface area contributed by atoms with E-state index < -0.39 is 5.82 Å². The van der Waals surface area contributed by atoms with Gasteiger partial charge >= 0.3 is 0 Å². The third-order valence-corrected chi connectivity index (χ3v) is 6.88. The Kier molecular flexibility index (Phi) is 6.38. The molecule has 2 aliphatic heterocycles. The molecule has 5 rings (SSSR count). The van der Waals surface area contributed by atoms with E-state index in [1.54, 1.807) is 6.07 Å². The number of halogens is 1. The second kappa shape index (κ2) is 9.61. The highest BCUT2D eigenvalue weighted by Gasteiger charge is 2.25. The van der Waals surface area contributed by atoms with Gasteiger partial charge in [-0.15, -0.1) is 0 Å². The van der Waals surface area contributed by atoms with Gasteiger partial charge in [0.05, 0.1) is 35.4 Å². The molecular formula is C25H30FN7O2. The Balaban J connectivity index is 1.30. The zero-order chi connectivity index (χ0) is 24.5. The Morgan fingerprint density at radius 3 is 2.74 bits per heavy atom. The van der Waals surface area contributed by atoms with Crippen LogP contribution in [0, 0.1) is 11.7 Å². The molecule has 0 saturated carbocycles. The number of piperidine rings is 1. The zero-order valence-corrected chi connectivity index (χ0v) is 20.0. The molecular weight excluding hydrogens is 449 g/mol. The minimum atomic E-state index is -0.559. The van der Waals surface area contributed by atoms with E-state index in [-0.39, 0.29) is 23.7 Å². The number of rotatable bonds is 6. The highest BCUT2D eigenvalue weighted by atomic mass is 19.1. The van der Waals surface area contributed by atoms with Crippen LogP contribution < -0.4 is 15.5 Å². The van der Waals surface area contributed by atoms with Crippen molar-refractivity contribution < 1.29 is 14.3 Å². The quantitative estimate of drug-likeness (QED) is 0.499. The fourth-order valence-corrected chi connectivity index (χ4v) is 5.04. The average Bonchev–Trinajstić information content (AvgIpc) is 3.19. The fraction of sp³-hybridized carbons (Fsp3) is 0.440. The minimum absolute atomic E-state index is 0.129. The summed E-state index contributed by atoms with van der Waals surface area (Å²) in [5, 5.41) is 15.5. The van der Waals surface area contributed by atoms with E-state index >= 15 is 0 Å². The number of anilines is 3. The third kappa shape index (κ3) is 4.84. The number of amides is 1. The maximum absolute atomic E-state index is 14.7. The maximum atomic E-state index is 14.7. The summed E-state index contributed by atoms with van der Waals surface area (Å²) in [5.41, 5.74) is 3.11. The van der Waals surface area contributed by atoms with Crippen molar-refractivity contribution in [1.29, 1.82) is 0 Å². The molecule has 1 saturated heterocycles. The summed E-state index contributed by atoms with van der Waals surface area (Å²) >= 11 is 0. The second-order valence-electron chi connectivity index (χ2n) is 9.39. The van der Waals surface area contributed by atoms with Crippen molar-refractivity contribution in [3.8, 4) is 11.4 Å². The predicted octanol–water partition coefficient (Wildman–Crippen LogP) is 3.03. The summed E-state index contributed by atoms with van der Waals surface area (Å²) in [5.74, 6) is 0.632. The molecule has 184 valence electrons. The first-order valence-corrected chi connectivity index (χ1v) is 12.0. The van der Waals surface area contributed by atoms with Gasteiger partial charge in [0.1, 0.15) is 11.5 Å². The van der Waals surface area contributed by atoms with Crippen LogP contribution in [0.15, 0.2) is 30.6 Å². The van der Waals surface area contributed by atoms with Crippen molar-refractivity contribution >= 4 is 23.4 Å². The maximum Gasteiger partial charge on any atom is 0.253 e. The summed E-state index contributed by atoms with van der Waals surface area (Å²) in [4.78, 5) is 27.5. The summed E-state index contributed by atoms with van der Waals surface area (Å²) in [6.07, 6.45) is 6.34. The highest BCUT2D eigenvalue weighted by Crippen LogP contribution is 2.29. The van der Waals surface area contributed by atoms with Crippen LogP contribution in [0.2, 0.25) is 0 Å². The SMILES string of the molecule is CC(O)CC1CCN(c2ccc(Nc3ncc(F)c(-c4cc5c(n4C)CCNC5=O)n3)nc2)CC1. The van der Waals surface area contributed by atoms with Crippen molar-refractivity contribution in [1.82, 2.24) is 24.8 Å². The number of fused-ring (bicyclic) bond motifs is 1. The Hall–Kier alpha value is -3.53. The average molecular weight is 480 g/mol. The summed E-state index contributed by atoms with van der Waals surface area (Å²) in [6, 6.07) is 5.53. The molecule has 1 atom stereocenters. The van der Waals surface area contributed by atoms with Gasteiger partial charge in [-0.3, -0.25) is 4.79 Å². The highest BCUT2D eigenvalue weighted by molar-refractivity contribution is 5.97. The molecule has 0 aliphatic carbocycles. The van der Waals surface area contributed by atoms with Gasteiger partial charge in [0, 0.05) is 38.8 Å². The van der Waals surface area contributed by atoms with E-state index in [4.69, 9.17) is 0 Å². The number of hydrogen-bond donors (Lipinski definition) is 3. The van der Waals surface area contributed by atoms with E-state index in [0.29, 0.717) is 36.0 Å². The van der Waals surface area contributed by atoms with Gasteiger partial charge in [0.15, 0.2) is 5.82 Å². The molecule has 1 amide bonds. The second-order valence-corrected chi connectivity index (χ2v) is 9.39. The Morgan fingerprint density at radius 1 is 1.26 bits per heavy atom. The van der Waals surface area contributed by atoms with Gasteiger partial charge < -0.3 is 25.2 Å². The lowest BCUT2D eigenvalue weighted by molar-refractivity contribution is 0.0945. The van der Waals surface area contributed by atoms with Gasteiger partial charge in [-0.2, -0.15) is 0 Å². The first-order chi connectivity index (χ1) is 16.9. The summed E-state index contributed by atoms with van der Waals surface area (Å²) in [6.45, 7) is 4.29. The molecule has 0 aromatic carbocycles. The Morgan fingerprint density at radius 2 is 2.06 bits per heavy atom. The van der Waals surface area contributed by atoms with Gasteiger partial charge in [-0.25, -0.2) is 19.3 Å². The van der Waals surface area contributed by atoms with Crippen molar-refractivity contribution in [3.05, 3.63) is 47.7 Å². The normalized spacial score (nSPS) is 17.1. The number of pyridine rings is 1. The minimum Gasteiger partial charge on any atom is -0.393 e. The van der Waals surface area contributed by atoms with Crippen molar-refractivity contribution in [2.75, 3.05) is 29.9 Å². The number of nitrogens with one attached hydrogen (secondary N) is 2. The lowest BCUT2D eigenvalue weighted by Gasteiger charge is -2.33. The number of aliphatic hydroxyl groups is 1. The zero-order valence-electron chi connectivity index (χ0n) is 20.0. The molecule has 10 heteroatoms. The van der Waals surface area contributed by atoms with Crippen LogP contribution in [-0.4, -0.2) is 56.3 Å². The van der Waals surface area contributed by atoms with Crippen LogP contribution >= 0.6 is 0 Å². The number of nitrogens with zero attached hydrogens (tertiary/aromatic N) is 5. The molecule has 3 aromatic heterocycles. The van der Waals surface area contributed by atoms with Crippen LogP contribution in [-0.2, 0) is 13.5 Å². The number of carbonyl (C=O) groups is 1. The summed E-state index contributed by atoms with van der Waals surface area (Å²) in [7, 11) is 1.81. The molecule has 2 aliphatic rings. The first kappa shape index (κ1) is 23.2. The van der Waals surface area contributed by atoms with Crippen LogP contribution in [0.25, 0.3) is 11.4 Å². The van der Waals surface area contributed by atoms with Crippen molar-refractivity contribution in [2.45, 2.75) is 38.7 Å². The van der Waals surface area contributed by atoms with Crippen molar-refractivity contribution in [2.24, 2.45) is 13.0 Å². The molecule has 1 fully saturated rings. The van der Waals surface area contributed by atoms with Crippen LogP contribution in [0.3, 0.4) is 0 Å². The third-order valence-electron chi connectivity index (χ3n) is 6.88. The number of hydrogen-bond acceptors (Lipinski definition) is 7. The molecule has 0 bridgehead atoms. The van der Waals surface area contributed by atoms with E-state index in [1.165, 1.54) is 0 Å². The van der Waals surface area contributed by atoms with Crippen LogP contribution in [0.5, 0.6) is 0 Å². The molecule has 0 spiro atoms. The summed E-state index contributed by atoms with van der Waals surface area (Å²) < 4.78 is 16.5. The predicted molar refractivity (Wildman–Crippen MR) is 131 cm³/mol. The molecule has 35 heavy (non-hydrogen) atoms. The Bertz CT molecular complexity index is 1220. The lowest BCUT2D eigenvalue weighted by Crippen LogP contribution is -2.34. The van der Waals surface area contributed by atoms with E-state index in [0.717, 1.165) is 49.9 Å².